The maximum atomic E-state index is 13.5. The molecule has 4 nitrogen and oxygen atoms in total. The van der Waals surface area contributed by atoms with E-state index in [1.54, 1.807) is 0 Å². The average Bonchev–Trinajstić information content (AvgIpc) is 2.37. The number of nitrogens with zero attached hydrogens (tertiary/aromatic N) is 1. The normalized spacial score (nSPS) is 20.7. The molecule has 1 saturated heterocycles. The summed E-state index contributed by atoms with van der Waals surface area (Å²) in [4.78, 5) is 12.6. The van der Waals surface area contributed by atoms with Crippen LogP contribution in [0.2, 0.25) is 0 Å². The Kier molecular flexibility index (Phi) is 4.28. The fourth-order valence-corrected chi connectivity index (χ4v) is 1.86. The number of benzene rings is 1. The number of halogens is 1. The van der Waals surface area contributed by atoms with Crippen LogP contribution in [0.1, 0.15) is 10.4 Å². The summed E-state index contributed by atoms with van der Waals surface area (Å²) in [5.41, 5.74) is 0.300. The number of hydrogen-bond donors (Lipinski definition) is 0. The third-order valence-electron chi connectivity index (χ3n) is 2.86. The molecule has 98 valence electrons. The molecule has 1 aliphatic heterocycles. The first-order chi connectivity index (χ1) is 8.69. The quantitative estimate of drug-likeness (QED) is 0.759. The first kappa shape index (κ1) is 13.0. The van der Waals surface area contributed by atoms with E-state index in [1.165, 1.54) is 12.1 Å². The SMILES string of the molecule is CN1CCOC(COc2ccc(C=O)cc2F)C1. The van der Waals surface area contributed by atoms with Crippen LogP contribution in [0.3, 0.4) is 0 Å². The molecular formula is C13H16FNO3. The molecule has 5 heteroatoms. The van der Waals surface area contributed by atoms with Crippen molar-refractivity contribution in [2.75, 3.05) is 33.4 Å². The van der Waals surface area contributed by atoms with Gasteiger partial charge in [-0.1, -0.05) is 0 Å². The molecule has 0 bridgehead atoms. The molecule has 2 rings (SSSR count). The lowest BCUT2D eigenvalue weighted by atomic mass is 10.2. The minimum atomic E-state index is -0.524. The van der Waals surface area contributed by atoms with E-state index in [9.17, 15) is 9.18 Å². The highest BCUT2D eigenvalue weighted by Crippen LogP contribution is 2.18. The maximum Gasteiger partial charge on any atom is 0.165 e. The molecule has 1 aliphatic rings. The third-order valence-corrected chi connectivity index (χ3v) is 2.86. The molecule has 1 fully saturated rings. The van der Waals surface area contributed by atoms with Crippen LogP contribution in [0, 0.1) is 5.82 Å². The van der Waals surface area contributed by atoms with Gasteiger partial charge in [-0.15, -0.1) is 0 Å². The summed E-state index contributed by atoms with van der Waals surface area (Å²) in [5, 5.41) is 0. The first-order valence-corrected chi connectivity index (χ1v) is 5.86. The second-order valence-corrected chi connectivity index (χ2v) is 4.37. The maximum absolute atomic E-state index is 13.5. The lowest BCUT2D eigenvalue weighted by Crippen LogP contribution is -2.42. The Labute approximate surface area is 105 Å². The zero-order valence-electron chi connectivity index (χ0n) is 10.3. The average molecular weight is 253 g/mol. The highest BCUT2D eigenvalue weighted by Gasteiger charge is 2.18. The van der Waals surface area contributed by atoms with Gasteiger partial charge in [0.05, 0.1) is 6.61 Å². The lowest BCUT2D eigenvalue weighted by Gasteiger charge is -2.29. The van der Waals surface area contributed by atoms with Crippen molar-refractivity contribution in [2.45, 2.75) is 6.10 Å². The van der Waals surface area contributed by atoms with E-state index in [-0.39, 0.29) is 11.9 Å². The van der Waals surface area contributed by atoms with Gasteiger partial charge in [-0.2, -0.15) is 0 Å². The van der Waals surface area contributed by atoms with Crippen LogP contribution in [0.25, 0.3) is 0 Å². The number of rotatable bonds is 4. The minimum absolute atomic E-state index is 0.0473. The zero-order chi connectivity index (χ0) is 13.0. The summed E-state index contributed by atoms with van der Waals surface area (Å²) < 4.78 is 24.4. The number of likely N-dealkylation sites (N-methyl/N-ethyl adjacent to an activating group) is 1. The molecule has 1 aromatic carbocycles. The molecule has 0 amide bonds. The first-order valence-electron chi connectivity index (χ1n) is 5.86. The van der Waals surface area contributed by atoms with Gasteiger partial charge in [0, 0.05) is 18.7 Å². The van der Waals surface area contributed by atoms with Crippen LogP contribution < -0.4 is 4.74 Å². The molecule has 0 aliphatic carbocycles. The molecule has 0 saturated carbocycles. The number of carbonyl (C=O) groups excluding carboxylic acids is 1. The van der Waals surface area contributed by atoms with Gasteiger partial charge in [0.15, 0.2) is 11.6 Å². The second-order valence-electron chi connectivity index (χ2n) is 4.37. The Morgan fingerprint density at radius 3 is 3.11 bits per heavy atom. The predicted molar refractivity (Wildman–Crippen MR) is 64.5 cm³/mol. The van der Waals surface area contributed by atoms with Crippen molar-refractivity contribution >= 4 is 6.29 Å². The molecule has 0 spiro atoms. The van der Waals surface area contributed by atoms with E-state index >= 15 is 0 Å². The predicted octanol–water partition coefficient (Wildman–Crippen LogP) is 1.35. The summed E-state index contributed by atoms with van der Waals surface area (Å²) in [6.45, 7) is 2.64. The van der Waals surface area contributed by atoms with E-state index in [0.29, 0.717) is 25.1 Å². The van der Waals surface area contributed by atoms with Crippen molar-refractivity contribution in [3.8, 4) is 5.75 Å². The van der Waals surface area contributed by atoms with Crippen molar-refractivity contribution in [1.29, 1.82) is 0 Å². The van der Waals surface area contributed by atoms with Gasteiger partial charge in [0.1, 0.15) is 19.0 Å². The Balaban J connectivity index is 1.91. The highest BCUT2D eigenvalue weighted by molar-refractivity contribution is 5.74. The van der Waals surface area contributed by atoms with Gasteiger partial charge in [-0.25, -0.2) is 4.39 Å². The smallest absolute Gasteiger partial charge is 0.165 e. The van der Waals surface area contributed by atoms with Gasteiger partial charge in [0.25, 0.3) is 0 Å². The summed E-state index contributed by atoms with van der Waals surface area (Å²) in [6, 6.07) is 4.15. The van der Waals surface area contributed by atoms with Gasteiger partial charge in [-0.3, -0.25) is 4.79 Å². The van der Waals surface area contributed by atoms with Crippen LogP contribution in [0.5, 0.6) is 5.75 Å². The van der Waals surface area contributed by atoms with Gasteiger partial charge in [0.2, 0.25) is 0 Å². The van der Waals surface area contributed by atoms with E-state index < -0.39 is 5.82 Å². The number of carbonyl (C=O) groups is 1. The van der Waals surface area contributed by atoms with Crippen LogP contribution in [0.15, 0.2) is 18.2 Å². The molecule has 0 radical (unpaired) electrons. The van der Waals surface area contributed by atoms with Crippen LogP contribution in [0.4, 0.5) is 4.39 Å². The fourth-order valence-electron chi connectivity index (χ4n) is 1.86. The van der Waals surface area contributed by atoms with Gasteiger partial charge in [-0.05, 0) is 25.2 Å². The summed E-state index contributed by atoms with van der Waals surface area (Å²) >= 11 is 0. The highest BCUT2D eigenvalue weighted by atomic mass is 19.1. The summed E-state index contributed by atoms with van der Waals surface area (Å²) in [6.07, 6.45) is 0.556. The molecular weight excluding hydrogens is 237 g/mol. The number of hydrogen-bond acceptors (Lipinski definition) is 4. The van der Waals surface area contributed by atoms with E-state index in [2.05, 4.69) is 4.90 Å². The topological polar surface area (TPSA) is 38.8 Å². The largest absolute Gasteiger partial charge is 0.488 e. The lowest BCUT2D eigenvalue weighted by molar-refractivity contribution is -0.0408. The molecule has 1 atom stereocenters. The molecule has 1 unspecified atom stereocenters. The standard InChI is InChI=1S/C13H16FNO3/c1-15-4-5-17-11(7-15)9-18-13-3-2-10(8-16)6-12(13)14/h2-3,6,8,11H,4-5,7,9H2,1H3. The van der Waals surface area contributed by atoms with E-state index in [4.69, 9.17) is 9.47 Å². The summed E-state index contributed by atoms with van der Waals surface area (Å²) in [5.74, 6) is -0.374. The number of ether oxygens (including phenoxy) is 2. The Morgan fingerprint density at radius 2 is 2.44 bits per heavy atom. The van der Waals surface area contributed by atoms with E-state index in [1.807, 2.05) is 7.05 Å². The second kappa shape index (κ2) is 5.93. The van der Waals surface area contributed by atoms with Crippen molar-refractivity contribution < 1.29 is 18.7 Å². The third kappa shape index (κ3) is 3.27. The molecule has 1 heterocycles. The fraction of sp³-hybridized carbons (Fsp3) is 0.462. The number of morpholine rings is 1. The Hall–Kier alpha value is -1.46. The molecule has 0 aromatic heterocycles. The van der Waals surface area contributed by atoms with Crippen LogP contribution in [-0.4, -0.2) is 50.6 Å². The zero-order valence-corrected chi connectivity index (χ0v) is 10.3. The van der Waals surface area contributed by atoms with Crippen molar-refractivity contribution in [2.24, 2.45) is 0 Å². The van der Waals surface area contributed by atoms with Crippen molar-refractivity contribution in [3.63, 3.8) is 0 Å². The molecule has 0 N–H and O–H groups in total. The van der Waals surface area contributed by atoms with Crippen molar-refractivity contribution in [3.05, 3.63) is 29.6 Å². The van der Waals surface area contributed by atoms with Gasteiger partial charge < -0.3 is 14.4 Å². The summed E-state index contributed by atoms with van der Waals surface area (Å²) in [7, 11) is 2.01. The van der Waals surface area contributed by atoms with Gasteiger partial charge >= 0.3 is 0 Å². The Morgan fingerprint density at radius 1 is 1.61 bits per heavy atom. The monoisotopic (exact) mass is 253 g/mol. The van der Waals surface area contributed by atoms with Crippen LogP contribution in [-0.2, 0) is 4.74 Å². The van der Waals surface area contributed by atoms with Crippen LogP contribution >= 0.6 is 0 Å². The molecule has 1 aromatic rings. The minimum Gasteiger partial charge on any atom is -0.488 e. The molecule has 18 heavy (non-hydrogen) atoms. The van der Waals surface area contributed by atoms with E-state index in [0.717, 1.165) is 19.2 Å². The van der Waals surface area contributed by atoms with Crippen molar-refractivity contribution in [1.82, 2.24) is 4.90 Å². The number of aldehydes is 1. The Bertz CT molecular complexity index is 425.